The van der Waals surface area contributed by atoms with Crippen LogP contribution >= 0.6 is 11.3 Å². The molecule has 2 heterocycles. The first kappa shape index (κ1) is 11.9. The van der Waals surface area contributed by atoms with Crippen molar-refractivity contribution in [2.45, 2.75) is 57.4 Å². The topological polar surface area (TPSA) is 33.2 Å². The Bertz CT molecular complexity index is 510. The second-order valence-corrected chi connectivity index (χ2v) is 7.20. The van der Waals surface area contributed by atoms with Crippen LogP contribution in [-0.4, -0.2) is 23.4 Å². The van der Waals surface area contributed by atoms with Crippen molar-refractivity contribution < 1.29 is 4.79 Å². The number of nitrogens with zero attached hydrogens (tertiary/aromatic N) is 2. The third kappa shape index (κ3) is 1.92. The van der Waals surface area contributed by atoms with Crippen LogP contribution in [0.5, 0.6) is 0 Å². The van der Waals surface area contributed by atoms with Gasteiger partial charge in [0, 0.05) is 23.9 Å². The molecule has 19 heavy (non-hydrogen) atoms. The maximum Gasteiger partial charge on any atom is 0.186 e. The van der Waals surface area contributed by atoms with Crippen LogP contribution in [0.15, 0.2) is 0 Å². The zero-order chi connectivity index (χ0) is 12.8. The summed E-state index contributed by atoms with van der Waals surface area (Å²) in [6, 6.07) is 0.705. The average Bonchev–Trinajstić information content (AvgIpc) is 3.02. The molecule has 0 spiro atoms. The number of carbonyl (C=O) groups excluding carboxylic acids is 1. The molecule has 0 amide bonds. The Labute approximate surface area is 118 Å². The summed E-state index contributed by atoms with van der Waals surface area (Å²) in [6.45, 7) is 1.15. The number of aromatic nitrogens is 1. The SMILES string of the molecule is O=C1CCCc2sc(N3CCC4CCCCC43)nc21. The lowest BCUT2D eigenvalue weighted by atomic mass is 9.85. The number of anilines is 1. The standard InChI is InChI=1S/C15H20N2OS/c18-12-6-3-7-13-14(12)16-15(19-13)17-9-8-10-4-1-2-5-11(10)17/h10-11H,1-9H2. The van der Waals surface area contributed by atoms with Crippen LogP contribution in [0.3, 0.4) is 0 Å². The first-order valence-electron chi connectivity index (χ1n) is 7.62. The summed E-state index contributed by atoms with van der Waals surface area (Å²) in [7, 11) is 0. The minimum atomic E-state index is 0.267. The number of rotatable bonds is 1. The molecule has 1 aromatic heterocycles. The highest BCUT2D eigenvalue weighted by Gasteiger charge is 2.37. The van der Waals surface area contributed by atoms with Crippen LogP contribution < -0.4 is 4.90 Å². The number of Topliss-reactive ketones (excluding diaryl/α,β-unsaturated/α-hetero) is 1. The zero-order valence-corrected chi connectivity index (χ0v) is 12.0. The van der Waals surface area contributed by atoms with E-state index in [0.717, 1.165) is 36.1 Å². The van der Waals surface area contributed by atoms with Crippen LogP contribution in [0.1, 0.15) is 60.3 Å². The van der Waals surface area contributed by atoms with Crippen LogP contribution in [-0.2, 0) is 6.42 Å². The highest BCUT2D eigenvalue weighted by Crippen LogP contribution is 2.41. The van der Waals surface area contributed by atoms with Crippen molar-refractivity contribution in [1.82, 2.24) is 4.98 Å². The molecule has 102 valence electrons. The predicted molar refractivity (Wildman–Crippen MR) is 77.1 cm³/mol. The maximum atomic E-state index is 11.9. The number of thiazole rings is 1. The molecule has 4 heteroatoms. The molecule has 1 saturated heterocycles. The molecule has 3 nitrogen and oxygen atoms in total. The smallest absolute Gasteiger partial charge is 0.186 e. The van der Waals surface area contributed by atoms with Crippen molar-refractivity contribution in [2.75, 3.05) is 11.4 Å². The molecule has 2 aliphatic carbocycles. The molecule has 0 bridgehead atoms. The van der Waals surface area contributed by atoms with Crippen molar-refractivity contribution in [1.29, 1.82) is 0 Å². The molecular formula is C15H20N2OS. The molecule has 0 radical (unpaired) electrons. The van der Waals surface area contributed by atoms with Crippen molar-refractivity contribution in [3.05, 3.63) is 10.6 Å². The Balaban J connectivity index is 1.64. The van der Waals surface area contributed by atoms with Crippen LogP contribution in [0.4, 0.5) is 5.13 Å². The second-order valence-electron chi connectivity index (χ2n) is 6.14. The van der Waals surface area contributed by atoms with Gasteiger partial charge in [0.2, 0.25) is 0 Å². The van der Waals surface area contributed by atoms with Gasteiger partial charge < -0.3 is 4.90 Å². The van der Waals surface area contributed by atoms with E-state index in [9.17, 15) is 4.79 Å². The first-order valence-corrected chi connectivity index (χ1v) is 8.44. The maximum absolute atomic E-state index is 11.9. The summed E-state index contributed by atoms with van der Waals surface area (Å²) in [5.41, 5.74) is 0.797. The van der Waals surface area contributed by atoms with Crippen LogP contribution in [0.25, 0.3) is 0 Å². The lowest BCUT2D eigenvalue weighted by molar-refractivity contribution is 0.0968. The Morgan fingerprint density at radius 1 is 1.11 bits per heavy atom. The Kier molecular flexibility index (Phi) is 2.87. The minimum Gasteiger partial charge on any atom is -0.345 e. The molecule has 1 saturated carbocycles. The van der Waals surface area contributed by atoms with Gasteiger partial charge in [-0.2, -0.15) is 0 Å². The Hall–Kier alpha value is -0.900. The highest BCUT2D eigenvalue weighted by atomic mass is 32.1. The number of carbonyl (C=O) groups is 1. The Morgan fingerprint density at radius 3 is 2.89 bits per heavy atom. The van der Waals surface area contributed by atoms with Crippen molar-refractivity contribution in [3.63, 3.8) is 0 Å². The molecule has 2 atom stereocenters. The van der Waals surface area contributed by atoms with Gasteiger partial charge in [0.25, 0.3) is 0 Å². The van der Waals surface area contributed by atoms with Gasteiger partial charge in [-0.1, -0.05) is 12.8 Å². The van der Waals surface area contributed by atoms with Gasteiger partial charge in [-0.15, -0.1) is 11.3 Å². The highest BCUT2D eigenvalue weighted by molar-refractivity contribution is 7.16. The van der Waals surface area contributed by atoms with Crippen molar-refractivity contribution in [2.24, 2.45) is 5.92 Å². The third-order valence-corrected chi connectivity index (χ3v) is 6.17. The van der Waals surface area contributed by atoms with E-state index in [1.54, 1.807) is 11.3 Å². The van der Waals surface area contributed by atoms with E-state index < -0.39 is 0 Å². The molecule has 0 aromatic carbocycles. The van der Waals surface area contributed by atoms with E-state index >= 15 is 0 Å². The summed E-state index contributed by atoms with van der Waals surface area (Å²) in [4.78, 5) is 20.4. The number of ketones is 1. The first-order chi connectivity index (χ1) is 9.33. The van der Waals surface area contributed by atoms with Gasteiger partial charge in [0.1, 0.15) is 5.69 Å². The summed E-state index contributed by atoms with van der Waals surface area (Å²) in [5.74, 6) is 1.15. The average molecular weight is 276 g/mol. The van der Waals surface area contributed by atoms with E-state index in [2.05, 4.69) is 4.90 Å². The summed E-state index contributed by atoms with van der Waals surface area (Å²) in [6.07, 6.45) is 9.57. The molecule has 2 unspecified atom stereocenters. The summed E-state index contributed by atoms with van der Waals surface area (Å²) >= 11 is 1.79. The Morgan fingerprint density at radius 2 is 2.00 bits per heavy atom. The van der Waals surface area contributed by atoms with E-state index in [0.29, 0.717) is 12.5 Å². The predicted octanol–water partition coefficient (Wildman–Crippen LogP) is 3.43. The van der Waals surface area contributed by atoms with Crippen molar-refractivity contribution >= 4 is 22.3 Å². The van der Waals surface area contributed by atoms with Crippen molar-refractivity contribution in [3.8, 4) is 0 Å². The molecule has 2 fully saturated rings. The monoisotopic (exact) mass is 276 g/mol. The molecule has 1 aromatic rings. The van der Waals surface area contributed by atoms with E-state index in [1.807, 2.05) is 0 Å². The van der Waals surface area contributed by atoms with E-state index in [-0.39, 0.29) is 5.78 Å². The van der Waals surface area contributed by atoms with Gasteiger partial charge in [-0.05, 0) is 38.0 Å². The number of fused-ring (bicyclic) bond motifs is 2. The fraction of sp³-hybridized carbons (Fsp3) is 0.733. The minimum absolute atomic E-state index is 0.267. The largest absolute Gasteiger partial charge is 0.345 e. The van der Waals surface area contributed by atoms with Gasteiger partial charge in [-0.3, -0.25) is 4.79 Å². The summed E-state index contributed by atoms with van der Waals surface area (Å²) in [5, 5.41) is 1.13. The fourth-order valence-corrected chi connectivity index (χ4v) is 5.22. The summed E-state index contributed by atoms with van der Waals surface area (Å²) < 4.78 is 0. The molecule has 4 rings (SSSR count). The number of aryl methyl sites for hydroxylation is 1. The molecule has 1 aliphatic heterocycles. The number of hydrogen-bond acceptors (Lipinski definition) is 4. The normalized spacial score (nSPS) is 30.3. The number of hydrogen-bond donors (Lipinski definition) is 0. The molecule has 3 aliphatic rings. The fourth-order valence-electron chi connectivity index (χ4n) is 4.02. The third-order valence-electron chi connectivity index (χ3n) is 5.01. The van der Waals surface area contributed by atoms with Gasteiger partial charge in [0.15, 0.2) is 10.9 Å². The molecular weight excluding hydrogens is 256 g/mol. The lowest BCUT2D eigenvalue weighted by Gasteiger charge is -2.31. The zero-order valence-electron chi connectivity index (χ0n) is 11.2. The van der Waals surface area contributed by atoms with Gasteiger partial charge in [0.05, 0.1) is 0 Å². The van der Waals surface area contributed by atoms with Gasteiger partial charge in [-0.25, -0.2) is 4.98 Å². The van der Waals surface area contributed by atoms with Gasteiger partial charge >= 0.3 is 0 Å². The second kappa shape index (κ2) is 4.58. The van der Waals surface area contributed by atoms with Crippen LogP contribution in [0, 0.1) is 5.92 Å². The molecule has 0 N–H and O–H groups in total. The quantitative estimate of drug-likeness (QED) is 0.788. The lowest BCUT2D eigenvalue weighted by Crippen LogP contribution is -2.34. The van der Waals surface area contributed by atoms with E-state index in [4.69, 9.17) is 4.98 Å². The van der Waals surface area contributed by atoms with E-state index in [1.165, 1.54) is 37.0 Å². The van der Waals surface area contributed by atoms with Crippen LogP contribution in [0.2, 0.25) is 0 Å².